The van der Waals surface area contributed by atoms with Crippen molar-refractivity contribution in [1.82, 2.24) is 9.88 Å². The second kappa shape index (κ2) is 14.8. The molecular weight excluding hydrogens is 556 g/mol. The van der Waals surface area contributed by atoms with Crippen LogP contribution >= 0.6 is 11.6 Å². The van der Waals surface area contributed by atoms with E-state index in [0.29, 0.717) is 35.1 Å². The largest absolute Gasteiger partial charge is 0.487 e. The van der Waals surface area contributed by atoms with Crippen molar-refractivity contribution < 1.29 is 24.1 Å². The van der Waals surface area contributed by atoms with Gasteiger partial charge in [-0.05, 0) is 55.0 Å². The van der Waals surface area contributed by atoms with Crippen LogP contribution in [0, 0.1) is 5.41 Å². The first-order valence-corrected chi connectivity index (χ1v) is 14.3. The number of benzene rings is 1. The Balaban J connectivity index is 1.52. The van der Waals surface area contributed by atoms with E-state index in [-0.39, 0.29) is 29.7 Å². The Bertz CT molecular complexity index is 1400. The number of aromatic nitrogens is 1. The van der Waals surface area contributed by atoms with E-state index in [4.69, 9.17) is 31.2 Å². The maximum Gasteiger partial charge on any atom is 0.342 e. The minimum Gasteiger partial charge on any atom is -0.487 e. The fourth-order valence-corrected chi connectivity index (χ4v) is 5.33. The molecular formula is C32H37ClN4O5. The number of pyridine rings is 1. The van der Waals surface area contributed by atoms with Crippen LogP contribution in [0.4, 0.5) is 5.82 Å². The van der Waals surface area contributed by atoms with Gasteiger partial charge < -0.3 is 30.0 Å². The van der Waals surface area contributed by atoms with Gasteiger partial charge in [-0.3, -0.25) is 4.90 Å². The maximum absolute atomic E-state index is 11.6. The molecule has 1 saturated heterocycles. The van der Waals surface area contributed by atoms with Gasteiger partial charge in [0.25, 0.3) is 0 Å². The molecule has 0 bridgehead atoms. The standard InChI is InChI=1S/C32H37ClN4O5/c1-4-26(28-7-6-8-29(35-28)36-31(41-5-2)27(18-34)32(38)39)30(21(3)33)42-20-22-9-10-24-19-37(14-11-23(24)17-22)25-12-15-40-16-13-25/h4,6-10,17-18,25,34H,1,3,5,11-16,19-20H2,2H3,(H,35,36)(H,38,39)/b30-26-,31-27-,34-18?. The number of hydrogen-bond donors (Lipinski definition) is 3. The Morgan fingerprint density at radius 1 is 1.26 bits per heavy atom. The number of halogens is 1. The van der Waals surface area contributed by atoms with Crippen LogP contribution in [0.2, 0.25) is 0 Å². The van der Waals surface area contributed by atoms with E-state index >= 15 is 0 Å². The predicted octanol–water partition coefficient (Wildman–Crippen LogP) is 5.88. The SMILES string of the molecule is C=C/C(=C(/OCc1ccc2c(c1)CCN(C1CCOCC1)C2)C(=C)Cl)c1cccc(N/C(OCC)=C(\C=N)C(=O)O)n1. The lowest BCUT2D eigenvalue weighted by Crippen LogP contribution is -2.42. The molecule has 2 aromatic rings. The Kier molecular flexibility index (Phi) is 10.9. The number of ether oxygens (including phenoxy) is 3. The third-order valence-corrected chi connectivity index (χ3v) is 7.44. The summed E-state index contributed by atoms with van der Waals surface area (Å²) in [6.07, 6.45) is 5.48. The van der Waals surface area contributed by atoms with Crippen LogP contribution in [0.3, 0.4) is 0 Å². The molecule has 4 rings (SSSR count). The van der Waals surface area contributed by atoms with Crippen LogP contribution in [0.25, 0.3) is 5.57 Å². The molecule has 0 amide bonds. The van der Waals surface area contributed by atoms with Crippen molar-refractivity contribution in [1.29, 1.82) is 5.41 Å². The first-order chi connectivity index (χ1) is 20.3. The summed E-state index contributed by atoms with van der Waals surface area (Å²) in [5.41, 5.74) is 4.38. The normalized spacial score (nSPS) is 16.8. The van der Waals surface area contributed by atoms with Crippen LogP contribution in [-0.4, -0.2) is 59.6 Å². The number of carboxylic acids is 1. The van der Waals surface area contributed by atoms with Crippen LogP contribution in [-0.2, 0) is 38.6 Å². The maximum atomic E-state index is 11.6. The van der Waals surface area contributed by atoms with Crippen molar-refractivity contribution in [2.75, 3.05) is 31.7 Å². The summed E-state index contributed by atoms with van der Waals surface area (Å²) in [6, 6.07) is 12.2. The molecule has 0 atom stereocenters. The van der Waals surface area contributed by atoms with Gasteiger partial charge in [0, 0.05) is 44.1 Å². The molecule has 1 fully saturated rings. The first kappa shape index (κ1) is 31.0. The third-order valence-electron chi connectivity index (χ3n) is 7.27. The number of rotatable bonds is 13. The molecule has 9 nitrogen and oxygen atoms in total. The van der Waals surface area contributed by atoms with Gasteiger partial charge in [-0.15, -0.1) is 0 Å². The number of fused-ring (bicyclic) bond motifs is 1. The molecule has 222 valence electrons. The van der Waals surface area contributed by atoms with E-state index in [1.54, 1.807) is 31.2 Å². The Morgan fingerprint density at radius 3 is 2.71 bits per heavy atom. The number of nitrogens with zero attached hydrogens (tertiary/aromatic N) is 2. The lowest BCUT2D eigenvalue weighted by Gasteiger charge is -2.37. The molecule has 0 spiro atoms. The van der Waals surface area contributed by atoms with E-state index in [0.717, 1.165) is 51.1 Å². The second-order valence-corrected chi connectivity index (χ2v) is 10.4. The van der Waals surface area contributed by atoms with Crippen molar-refractivity contribution in [3.8, 4) is 0 Å². The van der Waals surface area contributed by atoms with Crippen LogP contribution < -0.4 is 5.32 Å². The van der Waals surface area contributed by atoms with Crippen LogP contribution in [0.1, 0.15) is 42.1 Å². The molecule has 3 heterocycles. The Hall–Kier alpha value is -3.92. The van der Waals surface area contributed by atoms with Gasteiger partial charge in [-0.1, -0.05) is 55.1 Å². The minimum absolute atomic E-state index is 0.0877. The predicted molar refractivity (Wildman–Crippen MR) is 164 cm³/mol. The molecule has 0 saturated carbocycles. The molecule has 10 heteroatoms. The van der Waals surface area contributed by atoms with E-state index in [1.165, 1.54) is 11.1 Å². The van der Waals surface area contributed by atoms with Gasteiger partial charge in [-0.25, -0.2) is 9.78 Å². The minimum atomic E-state index is -1.29. The molecule has 3 N–H and O–H groups in total. The summed E-state index contributed by atoms with van der Waals surface area (Å²) in [5, 5.41) is 19.9. The molecule has 2 aliphatic rings. The highest BCUT2D eigenvalue weighted by molar-refractivity contribution is 6.32. The van der Waals surface area contributed by atoms with Gasteiger partial charge in [0.1, 0.15) is 23.8 Å². The molecule has 0 radical (unpaired) electrons. The van der Waals surface area contributed by atoms with Crippen molar-refractivity contribution in [3.63, 3.8) is 0 Å². The van der Waals surface area contributed by atoms with Gasteiger partial charge in [0.15, 0.2) is 0 Å². The summed E-state index contributed by atoms with van der Waals surface area (Å²) in [4.78, 5) is 18.7. The molecule has 0 unspecified atom stereocenters. The first-order valence-electron chi connectivity index (χ1n) is 14.0. The topological polar surface area (TPSA) is 117 Å². The molecule has 2 aliphatic heterocycles. The number of nitrogens with one attached hydrogen (secondary N) is 2. The zero-order chi connectivity index (χ0) is 30.1. The average Bonchev–Trinajstić information content (AvgIpc) is 2.99. The number of allylic oxidation sites excluding steroid dienone is 3. The van der Waals surface area contributed by atoms with Crippen molar-refractivity contribution in [3.05, 3.63) is 100 Å². The average molecular weight is 593 g/mol. The summed E-state index contributed by atoms with van der Waals surface area (Å²) < 4.78 is 17.2. The highest BCUT2D eigenvalue weighted by Crippen LogP contribution is 2.30. The number of carboxylic acid groups (broad SMARTS) is 1. The second-order valence-electron chi connectivity index (χ2n) is 9.97. The number of hydrogen-bond acceptors (Lipinski definition) is 8. The fourth-order valence-electron chi connectivity index (χ4n) is 5.17. The molecule has 42 heavy (non-hydrogen) atoms. The highest BCUT2D eigenvalue weighted by atomic mass is 35.5. The summed E-state index contributed by atoms with van der Waals surface area (Å²) in [5.74, 6) is -0.738. The van der Waals surface area contributed by atoms with E-state index in [2.05, 4.69) is 46.6 Å². The zero-order valence-corrected chi connectivity index (χ0v) is 24.6. The van der Waals surface area contributed by atoms with Crippen molar-refractivity contribution in [2.45, 2.75) is 45.4 Å². The van der Waals surface area contributed by atoms with E-state index < -0.39 is 5.97 Å². The third kappa shape index (κ3) is 7.67. The molecule has 0 aliphatic carbocycles. The summed E-state index contributed by atoms with van der Waals surface area (Å²) in [6.45, 7) is 13.7. The highest BCUT2D eigenvalue weighted by Gasteiger charge is 2.25. The Morgan fingerprint density at radius 2 is 2.05 bits per heavy atom. The van der Waals surface area contributed by atoms with Gasteiger partial charge >= 0.3 is 5.97 Å². The number of aliphatic carboxylic acids is 1. The van der Waals surface area contributed by atoms with E-state index in [1.807, 2.05) is 0 Å². The quantitative estimate of drug-likeness (QED) is 0.114. The fraction of sp³-hybridized carbons (Fsp3) is 0.344. The Labute approximate surface area is 251 Å². The van der Waals surface area contributed by atoms with Crippen molar-refractivity contribution in [2.24, 2.45) is 0 Å². The lowest BCUT2D eigenvalue weighted by molar-refractivity contribution is -0.132. The van der Waals surface area contributed by atoms with Gasteiger partial charge in [0.2, 0.25) is 5.88 Å². The monoisotopic (exact) mass is 592 g/mol. The smallest absolute Gasteiger partial charge is 0.342 e. The zero-order valence-electron chi connectivity index (χ0n) is 23.8. The number of carbonyl (C=O) groups is 1. The van der Waals surface area contributed by atoms with Crippen LogP contribution in [0.5, 0.6) is 0 Å². The molecule has 1 aromatic heterocycles. The van der Waals surface area contributed by atoms with Crippen molar-refractivity contribution >= 4 is 35.2 Å². The summed E-state index contributed by atoms with van der Waals surface area (Å²) in [7, 11) is 0. The lowest BCUT2D eigenvalue weighted by atomic mass is 9.95. The van der Waals surface area contributed by atoms with Gasteiger partial charge in [0.05, 0.1) is 17.3 Å². The number of anilines is 1. The van der Waals surface area contributed by atoms with E-state index in [9.17, 15) is 9.90 Å². The molecule has 1 aromatic carbocycles. The van der Waals surface area contributed by atoms with Gasteiger partial charge in [-0.2, -0.15) is 0 Å². The summed E-state index contributed by atoms with van der Waals surface area (Å²) >= 11 is 6.40. The van der Waals surface area contributed by atoms with Crippen LogP contribution in [0.15, 0.2) is 77.9 Å².